The molecule has 154 valence electrons. The van der Waals surface area contributed by atoms with Gasteiger partial charge in [0.15, 0.2) is 18.1 Å². The minimum atomic E-state index is -0.645. The summed E-state index contributed by atoms with van der Waals surface area (Å²) < 4.78 is 21.2. The molecule has 0 bridgehead atoms. The summed E-state index contributed by atoms with van der Waals surface area (Å²) in [5.74, 6) is 0.438. The number of amides is 1. The molecule has 0 radical (unpaired) electrons. The van der Waals surface area contributed by atoms with Gasteiger partial charge in [0.1, 0.15) is 0 Å². The van der Waals surface area contributed by atoms with E-state index in [4.69, 9.17) is 18.9 Å². The zero-order chi connectivity index (χ0) is 20.9. The Kier molecular flexibility index (Phi) is 6.26. The van der Waals surface area contributed by atoms with Gasteiger partial charge in [0.25, 0.3) is 5.91 Å². The number of ether oxygens (including phenoxy) is 4. The van der Waals surface area contributed by atoms with Crippen molar-refractivity contribution in [1.82, 2.24) is 0 Å². The van der Waals surface area contributed by atoms with Crippen LogP contribution in [-0.2, 0) is 19.7 Å². The molecule has 0 aromatic heterocycles. The van der Waals surface area contributed by atoms with Crippen LogP contribution in [-0.4, -0.2) is 39.8 Å². The highest BCUT2D eigenvalue weighted by Crippen LogP contribution is 2.44. The molecule has 1 aliphatic rings. The monoisotopic (exact) mass is 399 g/mol. The molecule has 0 saturated heterocycles. The quantitative estimate of drug-likeness (QED) is 0.686. The Morgan fingerprint density at radius 3 is 2.07 bits per heavy atom. The molecule has 2 aromatic rings. The maximum Gasteiger partial charge on any atom is 0.317 e. The predicted octanol–water partition coefficient (Wildman–Crippen LogP) is 3.32. The van der Waals surface area contributed by atoms with Gasteiger partial charge in [-0.3, -0.25) is 9.59 Å². The van der Waals surface area contributed by atoms with Crippen molar-refractivity contribution >= 4 is 17.6 Å². The van der Waals surface area contributed by atoms with E-state index in [0.717, 1.165) is 24.8 Å². The first-order valence-electron chi connectivity index (χ1n) is 9.36. The van der Waals surface area contributed by atoms with Crippen LogP contribution >= 0.6 is 0 Å². The summed E-state index contributed by atoms with van der Waals surface area (Å²) in [4.78, 5) is 25.1. The molecule has 0 aliphatic heterocycles. The Balaban J connectivity index is 1.65. The molecule has 0 atom stereocenters. The lowest BCUT2D eigenvalue weighted by Gasteiger charge is -2.39. The maximum absolute atomic E-state index is 12.7. The molecular formula is C22H25NO6. The van der Waals surface area contributed by atoms with Crippen LogP contribution in [0.4, 0.5) is 5.69 Å². The van der Waals surface area contributed by atoms with Crippen molar-refractivity contribution in [2.45, 2.75) is 24.7 Å². The Bertz CT molecular complexity index is 851. The Hall–Kier alpha value is -3.22. The first-order valence-corrected chi connectivity index (χ1v) is 9.36. The minimum Gasteiger partial charge on any atom is -0.493 e. The molecule has 7 nitrogen and oxygen atoms in total. The first kappa shape index (κ1) is 20.5. The van der Waals surface area contributed by atoms with Crippen LogP contribution in [0, 0.1) is 0 Å². The molecule has 7 heteroatoms. The normalized spacial score (nSPS) is 14.3. The summed E-state index contributed by atoms with van der Waals surface area (Å²) in [5.41, 5.74) is 0.733. The molecule has 0 spiro atoms. The number of methoxy groups -OCH3 is 3. The van der Waals surface area contributed by atoms with E-state index in [0.29, 0.717) is 22.9 Å². The Morgan fingerprint density at radius 1 is 0.966 bits per heavy atom. The third kappa shape index (κ3) is 4.13. The predicted molar refractivity (Wildman–Crippen MR) is 108 cm³/mol. The molecule has 3 rings (SSSR count). The van der Waals surface area contributed by atoms with Gasteiger partial charge < -0.3 is 24.3 Å². The lowest BCUT2D eigenvalue weighted by molar-refractivity contribution is -0.156. The number of rotatable bonds is 8. The van der Waals surface area contributed by atoms with Crippen molar-refractivity contribution in [2.24, 2.45) is 0 Å². The number of nitrogens with one attached hydrogen (secondary N) is 1. The van der Waals surface area contributed by atoms with Gasteiger partial charge in [0.05, 0.1) is 26.7 Å². The van der Waals surface area contributed by atoms with E-state index in [2.05, 4.69) is 5.32 Å². The number of esters is 1. The van der Waals surface area contributed by atoms with E-state index in [1.165, 1.54) is 21.3 Å². The van der Waals surface area contributed by atoms with Crippen molar-refractivity contribution in [3.05, 3.63) is 48.0 Å². The van der Waals surface area contributed by atoms with Crippen LogP contribution < -0.4 is 19.5 Å². The lowest BCUT2D eigenvalue weighted by Crippen LogP contribution is -2.44. The average molecular weight is 399 g/mol. The molecule has 1 fully saturated rings. The number of hydrogen-bond acceptors (Lipinski definition) is 6. The average Bonchev–Trinajstić information content (AvgIpc) is 2.71. The molecule has 1 N–H and O–H groups in total. The summed E-state index contributed by atoms with van der Waals surface area (Å²) in [6.45, 7) is -0.371. The van der Waals surface area contributed by atoms with E-state index < -0.39 is 11.3 Å². The molecule has 29 heavy (non-hydrogen) atoms. The number of carbonyl (C=O) groups is 2. The van der Waals surface area contributed by atoms with Gasteiger partial charge in [-0.25, -0.2) is 0 Å². The molecule has 2 aromatic carbocycles. The summed E-state index contributed by atoms with van der Waals surface area (Å²) in [6, 6.07) is 12.8. The van der Waals surface area contributed by atoms with E-state index in [1.54, 1.807) is 12.1 Å². The van der Waals surface area contributed by atoms with Gasteiger partial charge in [-0.2, -0.15) is 0 Å². The third-order valence-electron chi connectivity index (χ3n) is 5.21. The number of benzene rings is 2. The summed E-state index contributed by atoms with van der Waals surface area (Å²) in [7, 11) is 4.49. The first-order chi connectivity index (χ1) is 14.0. The zero-order valence-corrected chi connectivity index (χ0v) is 16.8. The summed E-state index contributed by atoms with van der Waals surface area (Å²) in [6.07, 6.45) is 2.41. The fraction of sp³-hybridized carbons (Fsp3) is 0.364. The lowest BCUT2D eigenvalue weighted by atomic mass is 9.64. The minimum absolute atomic E-state index is 0.366. The highest BCUT2D eigenvalue weighted by Gasteiger charge is 2.47. The van der Waals surface area contributed by atoms with Crippen molar-refractivity contribution < 1.29 is 28.5 Å². The second-order valence-electron chi connectivity index (χ2n) is 6.84. The standard InChI is InChI=1S/C22H25NO6/c1-26-17-12-16(13-18(27-2)20(17)28-3)23-19(24)14-29-21(25)22(10-7-11-22)15-8-5-4-6-9-15/h4-6,8-9,12-13H,7,10-11,14H2,1-3H3,(H,23,24). The van der Waals surface area contributed by atoms with Gasteiger partial charge >= 0.3 is 5.97 Å². The van der Waals surface area contributed by atoms with E-state index >= 15 is 0 Å². The second kappa shape index (κ2) is 8.86. The van der Waals surface area contributed by atoms with Gasteiger partial charge in [0.2, 0.25) is 5.75 Å². The molecular weight excluding hydrogens is 374 g/mol. The summed E-state index contributed by atoms with van der Waals surface area (Å²) >= 11 is 0. The largest absolute Gasteiger partial charge is 0.493 e. The van der Waals surface area contributed by atoms with Crippen LogP contribution in [0.5, 0.6) is 17.2 Å². The number of hydrogen-bond donors (Lipinski definition) is 1. The number of anilines is 1. The van der Waals surface area contributed by atoms with Crippen LogP contribution in [0.3, 0.4) is 0 Å². The molecule has 1 aliphatic carbocycles. The topological polar surface area (TPSA) is 83.1 Å². The van der Waals surface area contributed by atoms with Crippen molar-refractivity contribution in [3.63, 3.8) is 0 Å². The van der Waals surface area contributed by atoms with Gasteiger partial charge in [-0.1, -0.05) is 36.8 Å². The highest BCUT2D eigenvalue weighted by molar-refractivity contribution is 5.94. The van der Waals surface area contributed by atoms with Gasteiger partial charge in [-0.05, 0) is 18.4 Å². The second-order valence-corrected chi connectivity index (χ2v) is 6.84. The molecule has 1 amide bonds. The molecule has 0 unspecified atom stereocenters. The van der Waals surface area contributed by atoms with Crippen LogP contribution in [0.1, 0.15) is 24.8 Å². The highest BCUT2D eigenvalue weighted by atomic mass is 16.5. The van der Waals surface area contributed by atoms with Crippen LogP contribution in [0.15, 0.2) is 42.5 Å². The zero-order valence-electron chi connectivity index (χ0n) is 16.8. The Labute approximate surface area is 169 Å². The molecule has 0 heterocycles. The van der Waals surface area contributed by atoms with E-state index in [-0.39, 0.29) is 12.6 Å². The van der Waals surface area contributed by atoms with Gasteiger partial charge in [-0.15, -0.1) is 0 Å². The fourth-order valence-corrected chi connectivity index (χ4v) is 3.52. The van der Waals surface area contributed by atoms with Crippen LogP contribution in [0.2, 0.25) is 0 Å². The van der Waals surface area contributed by atoms with E-state index in [1.807, 2.05) is 30.3 Å². The van der Waals surface area contributed by atoms with Crippen molar-refractivity contribution in [1.29, 1.82) is 0 Å². The Morgan fingerprint density at radius 2 is 1.59 bits per heavy atom. The SMILES string of the molecule is COc1cc(NC(=O)COC(=O)C2(c3ccccc3)CCC2)cc(OC)c1OC. The van der Waals surface area contributed by atoms with Gasteiger partial charge in [0, 0.05) is 17.8 Å². The van der Waals surface area contributed by atoms with Crippen LogP contribution in [0.25, 0.3) is 0 Å². The third-order valence-corrected chi connectivity index (χ3v) is 5.21. The molecule has 1 saturated carbocycles. The maximum atomic E-state index is 12.7. The number of carbonyl (C=O) groups excluding carboxylic acids is 2. The smallest absolute Gasteiger partial charge is 0.317 e. The van der Waals surface area contributed by atoms with E-state index in [9.17, 15) is 9.59 Å². The summed E-state index contributed by atoms with van der Waals surface area (Å²) in [5, 5.41) is 2.69. The fourth-order valence-electron chi connectivity index (χ4n) is 3.52. The van der Waals surface area contributed by atoms with Crippen molar-refractivity contribution in [2.75, 3.05) is 33.3 Å². The van der Waals surface area contributed by atoms with Crippen molar-refractivity contribution in [3.8, 4) is 17.2 Å².